The Morgan fingerprint density at radius 2 is 1.72 bits per heavy atom. The Bertz CT molecular complexity index is 1070. The standard InChI is InChI=1S/C22H27Cl2N5O2S/c1-12(2)25-7-6-8-26-21-20-13(11-27-22(29-20)32-5)9-14(28-21)17-18(23)15(30-3)10-16(31-4)19(17)24/h9-12,25H,6-8H2,1-5H3,(H,26,28). The van der Waals surface area contributed by atoms with E-state index in [0.29, 0.717) is 49.8 Å². The lowest BCUT2D eigenvalue weighted by molar-refractivity contribution is 0.395. The number of anilines is 1. The predicted octanol–water partition coefficient (Wildman–Crippen LogP) is 5.54. The highest BCUT2D eigenvalue weighted by Crippen LogP contribution is 2.46. The van der Waals surface area contributed by atoms with E-state index >= 15 is 0 Å². The van der Waals surface area contributed by atoms with Crippen molar-refractivity contribution in [2.24, 2.45) is 0 Å². The summed E-state index contributed by atoms with van der Waals surface area (Å²) in [5.41, 5.74) is 1.85. The molecular formula is C22H27Cl2N5O2S. The summed E-state index contributed by atoms with van der Waals surface area (Å²) in [6.07, 6.45) is 4.65. The zero-order valence-electron chi connectivity index (χ0n) is 18.8. The maximum Gasteiger partial charge on any atom is 0.187 e. The molecule has 172 valence electrons. The summed E-state index contributed by atoms with van der Waals surface area (Å²) in [6, 6.07) is 3.97. The summed E-state index contributed by atoms with van der Waals surface area (Å²) in [5, 5.41) is 9.05. The van der Waals surface area contributed by atoms with Crippen LogP contribution in [0, 0.1) is 0 Å². The first kappa shape index (κ1) is 24.6. The highest BCUT2D eigenvalue weighted by Gasteiger charge is 2.21. The Balaban J connectivity index is 2.09. The summed E-state index contributed by atoms with van der Waals surface area (Å²) in [7, 11) is 3.09. The lowest BCUT2D eigenvalue weighted by Crippen LogP contribution is -2.25. The van der Waals surface area contributed by atoms with Crippen LogP contribution < -0.4 is 20.1 Å². The van der Waals surface area contributed by atoms with Gasteiger partial charge in [0.05, 0.1) is 30.0 Å². The smallest absolute Gasteiger partial charge is 0.187 e. The molecule has 0 aliphatic carbocycles. The molecule has 0 bridgehead atoms. The molecule has 2 heterocycles. The topological polar surface area (TPSA) is 81.2 Å². The summed E-state index contributed by atoms with van der Waals surface area (Å²) < 4.78 is 10.8. The van der Waals surface area contributed by atoms with E-state index in [2.05, 4.69) is 34.4 Å². The fourth-order valence-corrected chi connectivity index (χ4v) is 4.20. The SMILES string of the molecule is COc1cc(OC)c(Cl)c(-c2cc3cnc(SC)nc3c(NCCCNC(C)C)n2)c1Cl. The lowest BCUT2D eigenvalue weighted by atomic mass is 10.1. The van der Waals surface area contributed by atoms with Crippen molar-refractivity contribution in [2.45, 2.75) is 31.5 Å². The zero-order valence-corrected chi connectivity index (χ0v) is 21.1. The van der Waals surface area contributed by atoms with Gasteiger partial charge in [-0.2, -0.15) is 0 Å². The molecule has 0 unspecified atom stereocenters. The number of thioether (sulfide) groups is 1. The molecule has 0 spiro atoms. The number of benzene rings is 1. The van der Waals surface area contributed by atoms with Crippen LogP contribution in [-0.4, -0.2) is 54.6 Å². The molecule has 7 nitrogen and oxygen atoms in total. The van der Waals surface area contributed by atoms with Crippen molar-refractivity contribution in [3.8, 4) is 22.8 Å². The van der Waals surface area contributed by atoms with Gasteiger partial charge in [-0.3, -0.25) is 0 Å². The Kier molecular flexibility index (Phi) is 8.64. The largest absolute Gasteiger partial charge is 0.495 e. The Hall–Kier alpha value is -2.00. The maximum atomic E-state index is 6.64. The highest BCUT2D eigenvalue weighted by atomic mass is 35.5. The summed E-state index contributed by atoms with van der Waals surface area (Å²) >= 11 is 14.8. The van der Waals surface area contributed by atoms with Gasteiger partial charge in [0.2, 0.25) is 0 Å². The van der Waals surface area contributed by atoms with E-state index in [-0.39, 0.29) is 0 Å². The number of methoxy groups -OCH3 is 2. The van der Waals surface area contributed by atoms with Gasteiger partial charge in [-0.25, -0.2) is 15.0 Å². The van der Waals surface area contributed by atoms with Gasteiger partial charge in [0.1, 0.15) is 17.0 Å². The monoisotopic (exact) mass is 495 g/mol. The van der Waals surface area contributed by atoms with Crippen LogP contribution in [0.5, 0.6) is 11.5 Å². The normalized spacial score (nSPS) is 11.2. The molecule has 0 radical (unpaired) electrons. The van der Waals surface area contributed by atoms with Crippen LogP contribution in [-0.2, 0) is 0 Å². The second-order valence-electron chi connectivity index (χ2n) is 7.32. The number of rotatable bonds is 10. The molecule has 2 N–H and O–H groups in total. The fraction of sp³-hybridized carbons (Fsp3) is 0.409. The minimum Gasteiger partial charge on any atom is -0.495 e. The molecule has 10 heteroatoms. The number of aromatic nitrogens is 3. The molecule has 0 saturated heterocycles. The molecule has 0 amide bonds. The number of ether oxygens (including phenoxy) is 2. The number of halogens is 2. The number of hydrogen-bond acceptors (Lipinski definition) is 8. The maximum absolute atomic E-state index is 6.64. The molecule has 0 saturated carbocycles. The minimum atomic E-state index is 0.360. The van der Waals surface area contributed by atoms with E-state index in [9.17, 15) is 0 Å². The lowest BCUT2D eigenvalue weighted by Gasteiger charge is -2.16. The van der Waals surface area contributed by atoms with Crippen LogP contribution in [0.2, 0.25) is 10.0 Å². The van der Waals surface area contributed by atoms with Crippen LogP contribution >= 0.6 is 35.0 Å². The summed E-state index contributed by atoms with van der Waals surface area (Å²) in [6.45, 7) is 5.89. The van der Waals surface area contributed by atoms with Crippen molar-refractivity contribution < 1.29 is 9.47 Å². The van der Waals surface area contributed by atoms with Gasteiger partial charge in [0.25, 0.3) is 0 Å². The Morgan fingerprint density at radius 1 is 1.03 bits per heavy atom. The van der Waals surface area contributed by atoms with Crippen molar-refractivity contribution in [2.75, 3.05) is 38.9 Å². The highest BCUT2D eigenvalue weighted by molar-refractivity contribution is 7.98. The molecule has 0 fully saturated rings. The van der Waals surface area contributed by atoms with E-state index in [1.54, 1.807) is 26.5 Å². The molecule has 0 aliphatic rings. The number of fused-ring (bicyclic) bond motifs is 1. The Morgan fingerprint density at radius 3 is 2.31 bits per heavy atom. The van der Waals surface area contributed by atoms with Crippen LogP contribution in [0.1, 0.15) is 20.3 Å². The number of pyridine rings is 1. The molecule has 0 atom stereocenters. The van der Waals surface area contributed by atoms with Crippen LogP contribution in [0.4, 0.5) is 5.82 Å². The van der Waals surface area contributed by atoms with E-state index in [1.807, 2.05) is 12.3 Å². The fourth-order valence-electron chi connectivity index (χ4n) is 3.17. The van der Waals surface area contributed by atoms with Gasteiger partial charge in [-0.15, -0.1) is 0 Å². The molecule has 2 aromatic heterocycles. The quantitative estimate of drug-likeness (QED) is 0.215. The third-order valence-electron chi connectivity index (χ3n) is 4.75. The molecule has 32 heavy (non-hydrogen) atoms. The van der Waals surface area contributed by atoms with Crippen molar-refractivity contribution in [3.63, 3.8) is 0 Å². The van der Waals surface area contributed by atoms with Crippen LogP contribution in [0.15, 0.2) is 23.5 Å². The third-order valence-corrected chi connectivity index (χ3v) is 6.07. The first-order valence-electron chi connectivity index (χ1n) is 10.2. The second kappa shape index (κ2) is 11.2. The van der Waals surface area contributed by atoms with Crippen molar-refractivity contribution in [3.05, 3.63) is 28.4 Å². The first-order valence-corrected chi connectivity index (χ1v) is 12.2. The van der Waals surface area contributed by atoms with Gasteiger partial charge in [-0.1, -0.05) is 48.8 Å². The first-order chi connectivity index (χ1) is 15.4. The van der Waals surface area contributed by atoms with Gasteiger partial charge in [0, 0.05) is 35.8 Å². The van der Waals surface area contributed by atoms with E-state index in [4.69, 9.17) is 37.7 Å². The Labute approximate surface area is 202 Å². The number of hydrogen-bond donors (Lipinski definition) is 2. The molecule has 0 aliphatic heterocycles. The number of nitrogens with one attached hydrogen (secondary N) is 2. The summed E-state index contributed by atoms with van der Waals surface area (Å²) in [4.78, 5) is 13.9. The van der Waals surface area contributed by atoms with Crippen molar-refractivity contribution in [1.82, 2.24) is 20.3 Å². The predicted molar refractivity (Wildman–Crippen MR) is 134 cm³/mol. The van der Waals surface area contributed by atoms with E-state index < -0.39 is 0 Å². The average Bonchev–Trinajstić information content (AvgIpc) is 2.78. The minimum absolute atomic E-state index is 0.360. The van der Waals surface area contributed by atoms with Crippen LogP contribution in [0.25, 0.3) is 22.2 Å². The molecular weight excluding hydrogens is 469 g/mol. The van der Waals surface area contributed by atoms with Gasteiger partial charge < -0.3 is 20.1 Å². The number of nitrogens with zero attached hydrogens (tertiary/aromatic N) is 3. The van der Waals surface area contributed by atoms with Gasteiger partial charge in [-0.05, 0) is 25.3 Å². The zero-order chi connectivity index (χ0) is 23.3. The van der Waals surface area contributed by atoms with E-state index in [0.717, 1.165) is 30.4 Å². The summed E-state index contributed by atoms with van der Waals surface area (Å²) in [5.74, 6) is 1.55. The molecule has 1 aromatic carbocycles. The van der Waals surface area contributed by atoms with Gasteiger partial charge >= 0.3 is 0 Å². The molecule has 3 rings (SSSR count). The van der Waals surface area contributed by atoms with Gasteiger partial charge in [0.15, 0.2) is 11.0 Å². The van der Waals surface area contributed by atoms with Crippen LogP contribution in [0.3, 0.4) is 0 Å². The van der Waals surface area contributed by atoms with Crippen molar-refractivity contribution in [1.29, 1.82) is 0 Å². The van der Waals surface area contributed by atoms with Crippen molar-refractivity contribution >= 4 is 51.7 Å². The second-order valence-corrected chi connectivity index (χ2v) is 8.85. The third kappa shape index (κ3) is 5.49. The van der Waals surface area contributed by atoms with E-state index in [1.165, 1.54) is 11.8 Å². The average molecular weight is 496 g/mol. The molecule has 3 aromatic rings.